The summed E-state index contributed by atoms with van der Waals surface area (Å²) in [6, 6.07) is 6.99. The van der Waals surface area contributed by atoms with E-state index in [0.29, 0.717) is 16.9 Å². The molecule has 92 valence electrons. The zero-order chi connectivity index (χ0) is 12.4. The Hall–Kier alpha value is -1.02. The predicted molar refractivity (Wildman–Crippen MR) is 71.5 cm³/mol. The first kappa shape index (κ1) is 11.1. The fourth-order valence-electron chi connectivity index (χ4n) is 3.73. The van der Waals surface area contributed by atoms with Crippen LogP contribution in [0.2, 0.25) is 0 Å². The Morgan fingerprint density at radius 3 is 2.29 bits per heavy atom. The zero-order valence-electron chi connectivity index (χ0n) is 11.2. The summed E-state index contributed by atoms with van der Waals surface area (Å²) < 4.78 is 0. The van der Waals surface area contributed by atoms with Gasteiger partial charge < -0.3 is 5.73 Å². The fraction of sp³-hybridized carbons (Fsp3) is 0.600. The SMILES string of the molecule is CC1(C)C(N2Cc3cccc(N)c3C2)C1(C)C. The molecular formula is C15H22N2. The van der Waals surface area contributed by atoms with E-state index in [9.17, 15) is 0 Å². The number of anilines is 1. The highest BCUT2D eigenvalue weighted by atomic mass is 15.2. The first-order valence-corrected chi connectivity index (χ1v) is 6.46. The molecular weight excluding hydrogens is 208 g/mol. The van der Waals surface area contributed by atoms with Gasteiger partial charge in [-0.05, 0) is 28.0 Å². The smallest absolute Gasteiger partial charge is 0.0363 e. The Bertz CT molecular complexity index is 460. The van der Waals surface area contributed by atoms with Crippen molar-refractivity contribution in [2.45, 2.75) is 46.8 Å². The van der Waals surface area contributed by atoms with Crippen molar-refractivity contribution >= 4 is 5.69 Å². The quantitative estimate of drug-likeness (QED) is 0.751. The predicted octanol–water partition coefficient (Wildman–Crippen LogP) is 3.02. The van der Waals surface area contributed by atoms with Crippen LogP contribution in [-0.4, -0.2) is 10.9 Å². The molecule has 1 aliphatic heterocycles. The molecule has 1 aromatic carbocycles. The van der Waals surface area contributed by atoms with Crippen LogP contribution >= 0.6 is 0 Å². The molecule has 1 heterocycles. The van der Waals surface area contributed by atoms with Crippen molar-refractivity contribution in [3.05, 3.63) is 29.3 Å². The largest absolute Gasteiger partial charge is 0.398 e. The van der Waals surface area contributed by atoms with Crippen molar-refractivity contribution in [2.75, 3.05) is 5.73 Å². The number of nitrogen functional groups attached to an aromatic ring is 1. The van der Waals surface area contributed by atoms with Crippen molar-refractivity contribution in [3.8, 4) is 0 Å². The molecule has 1 fully saturated rings. The first-order chi connectivity index (χ1) is 7.85. The van der Waals surface area contributed by atoms with Crippen molar-refractivity contribution in [3.63, 3.8) is 0 Å². The summed E-state index contributed by atoms with van der Waals surface area (Å²) >= 11 is 0. The fourth-order valence-corrected chi connectivity index (χ4v) is 3.73. The maximum absolute atomic E-state index is 6.06. The zero-order valence-corrected chi connectivity index (χ0v) is 11.2. The van der Waals surface area contributed by atoms with Crippen LogP contribution in [0.15, 0.2) is 18.2 Å². The highest BCUT2D eigenvalue weighted by Gasteiger charge is 2.67. The van der Waals surface area contributed by atoms with Gasteiger partial charge >= 0.3 is 0 Å². The van der Waals surface area contributed by atoms with Crippen LogP contribution in [0, 0.1) is 10.8 Å². The first-order valence-electron chi connectivity index (χ1n) is 6.46. The third-order valence-corrected chi connectivity index (χ3v) is 5.35. The van der Waals surface area contributed by atoms with Crippen LogP contribution in [-0.2, 0) is 13.1 Å². The molecule has 2 aliphatic rings. The molecule has 0 unspecified atom stereocenters. The van der Waals surface area contributed by atoms with E-state index in [0.717, 1.165) is 18.8 Å². The van der Waals surface area contributed by atoms with E-state index in [1.807, 2.05) is 6.07 Å². The van der Waals surface area contributed by atoms with Gasteiger partial charge in [0.15, 0.2) is 0 Å². The standard InChI is InChI=1S/C15H22N2/c1-14(2)13(15(14,3)4)17-8-10-6-5-7-12(16)11(10)9-17/h5-7,13H,8-9,16H2,1-4H3. The molecule has 0 spiro atoms. The van der Waals surface area contributed by atoms with E-state index >= 15 is 0 Å². The Kier molecular flexibility index (Phi) is 1.99. The average Bonchev–Trinajstić information content (AvgIpc) is 2.59. The summed E-state index contributed by atoms with van der Waals surface area (Å²) in [7, 11) is 0. The number of hydrogen-bond donors (Lipinski definition) is 1. The van der Waals surface area contributed by atoms with Crippen molar-refractivity contribution in [1.82, 2.24) is 4.90 Å². The van der Waals surface area contributed by atoms with Gasteiger partial charge in [0, 0.05) is 24.8 Å². The normalized spacial score (nSPS) is 25.9. The van der Waals surface area contributed by atoms with Gasteiger partial charge in [-0.25, -0.2) is 0 Å². The number of rotatable bonds is 1. The van der Waals surface area contributed by atoms with E-state index < -0.39 is 0 Å². The van der Waals surface area contributed by atoms with Crippen LogP contribution in [0.1, 0.15) is 38.8 Å². The van der Waals surface area contributed by atoms with Crippen molar-refractivity contribution in [2.24, 2.45) is 10.8 Å². The third-order valence-electron chi connectivity index (χ3n) is 5.35. The molecule has 3 rings (SSSR count). The number of nitrogens with two attached hydrogens (primary N) is 1. The minimum absolute atomic E-state index is 0.420. The van der Waals surface area contributed by atoms with Crippen LogP contribution in [0.25, 0.3) is 0 Å². The molecule has 0 amide bonds. The highest BCUT2D eigenvalue weighted by Crippen LogP contribution is 2.66. The second kappa shape index (κ2) is 3.05. The minimum atomic E-state index is 0.420. The molecule has 1 saturated carbocycles. The third kappa shape index (κ3) is 1.30. The highest BCUT2D eigenvalue weighted by molar-refractivity contribution is 5.52. The second-order valence-corrected chi connectivity index (χ2v) is 6.74. The summed E-state index contributed by atoms with van der Waals surface area (Å²) in [6.07, 6.45) is 0. The minimum Gasteiger partial charge on any atom is -0.398 e. The average molecular weight is 230 g/mol. The Morgan fingerprint density at radius 1 is 1.12 bits per heavy atom. The van der Waals surface area contributed by atoms with Gasteiger partial charge in [0.25, 0.3) is 0 Å². The van der Waals surface area contributed by atoms with E-state index in [2.05, 4.69) is 44.7 Å². The maximum Gasteiger partial charge on any atom is 0.0363 e. The number of nitrogens with zero attached hydrogens (tertiary/aromatic N) is 1. The van der Waals surface area contributed by atoms with Gasteiger partial charge in [0.05, 0.1) is 0 Å². The molecule has 2 N–H and O–H groups in total. The number of benzene rings is 1. The lowest BCUT2D eigenvalue weighted by atomic mass is 10.0. The molecule has 2 nitrogen and oxygen atoms in total. The molecule has 0 atom stereocenters. The molecule has 17 heavy (non-hydrogen) atoms. The van der Waals surface area contributed by atoms with Crippen LogP contribution < -0.4 is 5.73 Å². The van der Waals surface area contributed by atoms with E-state index in [1.54, 1.807) is 0 Å². The van der Waals surface area contributed by atoms with Gasteiger partial charge in [-0.1, -0.05) is 39.8 Å². The van der Waals surface area contributed by atoms with Gasteiger partial charge in [0.2, 0.25) is 0 Å². The maximum atomic E-state index is 6.06. The van der Waals surface area contributed by atoms with E-state index in [1.165, 1.54) is 11.1 Å². The topological polar surface area (TPSA) is 29.3 Å². The van der Waals surface area contributed by atoms with E-state index in [4.69, 9.17) is 5.73 Å². The molecule has 0 aromatic heterocycles. The monoisotopic (exact) mass is 230 g/mol. The molecule has 2 heteroatoms. The summed E-state index contributed by atoms with van der Waals surface area (Å²) in [5.41, 5.74) is 10.6. The second-order valence-electron chi connectivity index (χ2n) is 6.74. The molecule has 0 saturated heterocycles. The van der Waals surface area contributed by atoms with Gasteiger partial charge in [-0.2, -0.15) is 0 Å². The Morgan fingerprint density at radius 2 is 1.76 bits per heavy atom. The van der Waals surface area contributed by atoms with E-state index in [-0.39, 0.29) is 0 Å². The summed E-state index contributed by atoms with van der Waals surface area (Å²) in [4.78, 5) is 2.60. The van der Waals surface area contributed by atoms with Gasteiger partial charge in [-0.15, -0.1) is 0 Å². The summed E-state index contributed by atoms with van der Waals surface area (Å²) in [5.74, 6) is 0. The summed E-state index contributed by atoms with van der Waals surface area (Å²) in [5, 5.41) is 0. The Balaban J connectivity index is 1.87. The summed E-state index contributed by atoms with van der Waals surface area (Å²) in [6.45, 7) is 11.6. The van der Waals surface area contributed by atoms with Crippen LogP contribution in [0.4, 0.5) is 5.69 Å². The van der Waals surface area contributed by atoms with Gasteiger partial charge in [0.1, 0.15) is 0 Å². The lowest BCUT2D eigenvalue weighted by molar-refractivity contribution is 0.231. The van der Waals surface area contributed by atoms with Crippen LogP contribution in [0.3, 0.4) is 0 Å². The molecule has 1 aliphatic carbocycles. The molecule has 0 radical (unpaired) electrons. The number of hydrogen-bond acceptors (Lipinski definition) is 2. The molecule has 1 aromatic rings. The van der Waals surface area contributed by atoms with Crippen LogP contribution in [0.5, 0.6) is 0 Å². The molecule has 0 bridgehead atoms. The Labute approximate surface area is 104 Å². The lowest BCUT2D eigenvalue weighted by Crippen LogP contribution is -2.24. The van der Waals surface area contributed by atoms with Crippen molar-refractivity contribution < 1.29 is 0 Å². The van der Waals surface area contributed by atoms with Gasteiger partial charge in [-0.3, -0.25) is 4.90 Å². The lowest BCUT2D eigenvalue weighted by Gasteiger charge is -2.17. The van der Waals surface area contributed by atoms with Crippen molar-refractivity contribution in [1.29, 1.82) is 0 Å². The number of fused-ring (bicyclic) bond motifs is 1.